The van der Waals surface area contributed by atoms with E-state index in [0.29, 0.717) is 4.57 Å². The molecule has 1 aromatic carbocycles. The number of aromatic nitrogens is 1. The van der Waals surface area contributed by atoms with Crippen LogP contribution in [0.4, 0.5) is 17.6 Å². The second kappa shape index (κ2) is 7.52. The van der Waals surface area contributed by atoms with E-state index in [9.17, 15) is 22.4 Å². The molecule has 0 saturated heterocycles. The Morgan fingerprint density at radius 3 is 2.41 bits per heavy atom. The first-order valence-electron chi connectivity index (χ1n) is 7.35. The molecular weight excluding hydrogens is 481 g/mol. The zero-order valence-electron chi connectivity index (χ0n) is 13.8. The zero-order valence-corrected chi connectivity index (χ0v) is 16.9. The molecule has 27 heavy (non-hydrogen) atoms. The summed E-state index contributed by atoms with van der Waals surface area (Å²) in [5.74, 6) is -2.49. The summed E-state index contributed by atoms with van der Waals surface area (Å²) in [4.78, 5) is 11.3. The van der Waals surface area contributed by atoms with Crippen molar-refractivity contribution in [1.29, 1.82) is 0 Å². The molecule has 0 aliphatic heterocycles. The summed E-state index contributed by atoms with van der Waals surface area (Å²) in [6.07, 6.45) is -4.86. The third-order valence-corrected chi connectivity index (χ3v) is 5.51. The normalized spacial score (nSPS) is 14.1. The van der Waals surface area contributed by atoms with E-state index in [-0.39, 0.29) is 28.5 Å². The number of alkyl halides is 4. The maximum Gasteiger partial charge on any atom is 0.432 e. The fraction of sp³-hybridized carbons (Fsp3) is 0.312. The minimum absolute atomic E-state index is 0.120. The summed E-state index contributed by atoms with van der Waals surface area (Å²) in [5.41, 5.74) is -1.66. The Morgan fingerprint density at radius 2 is 1.96 bits per heavy atom. The maximum atomic E-state index is 14.4. The summed E-state index contributed by atoms with van der Waals surface area (Å²) < 4.78 is 59.5. The summed E-state index contributed by atoms with van der Waals surface area (Å²) in [7, 11) is 1.09. The number of hydrogen-bond acceptors (Lipinski definition) is 2. The highest BCUT2D eigenvalue weighted by atomic mass is 79.9. The number of aliphatic carboxylic acids is 1. The Balaban J connectivity index is 2.64. The van der Waals surface area contributed by atoms with Gasteiger partial charge in [-0.25, -0.2) is 9.18 Å². The Morgan fingerprint density at radius 1 is 1.37 bits per heavy atom. The molecule has 0 spiro atoms. The first kappa shape index (κ1) is 21.8. The molecule has 0 aliphatic carbocycles. The van der Waals surface area contributed by atoms with Crippen molar-refractivity contribution in [2.75, 3.05) is 0 Å². The molecule has 2 aromatic rings. The Bertz CT molecular complexity index is 901. The van der Waals surface area contributed by atoms with Crippen LogP contribution in [-0.4, -0.2) is 20.7 Å². The average Bonchev–Trinajstić information content (AvgIpc) is 2.78. The first-order chi connectivity index (χ1) is 12.3. The van der Waals surface area contributed by atoms with E-state index in [1.165, 1.54) is 6.92 Å². The van der Waals surface area contributed by atoms with Crippen molar-refractivity contribution in [1.82, 2.24) is 4.57 Å². The minimum atomic E-state index is -4.74. The van der Waals surface area contributed by atoms with Gasteiger partial charge in [-0.05, 0) is 34.1 Å². The van der Waals surface area contributed by atoms with E-state index in [1.807, 2.05) is 0 Å². The largest absolute Gasteiger partial charge is 0.477 e. The fourth-order valence-electron chi connectivity index (χ4n) is 2.38. The lowest BCUT2D eigenvalue weighted by Crippen LogP contribution is -2.38. The van der Waals surface area contributed by atoms with Crippen molar-refractivity contribution in [2.45, 2.75) is 24.6 Å². The minimum Gasteiger partial charge on any atom is -0.477 e. The van der Waals surface area contributed by atoms with Gasteiger partial charge in [0.05, 0.1) is 4.47 Å². The van der Waals surface area contributed by atoms with Gasteiger partial charge in [-0.15, -0.1) is 0 Å². The van der Waals surface area contributed by atoms with Crippen LogP contribution >= 0.6 is 39.1 Å². The Kier molecular flexibility index (Phi) is 6.08. The molecule has 0 saturated carbocycles. The lowest BCUT2D eigenvalue weighted by Gasteiger charge is -2.22. The molecule has 0 bridgehead atoms. The standard InChI is InChI=1S/C16H12BrCl2F4NO3/c1-3-15(19,14(25)26)27-7-4-5-9(20)8(6-7)10-11(17)12(16(21,22)23)24(2)13(10)18/h4-6H,3H2,1-2H3,(H,25,26). The van der Waals surface area contributed by atoms with Crippen molar-refractivity contribution in [3.05, 3.63) is 39.3 Å². The molecule has 0 fully saturated rings. The van der Waals surface area contributed by atoms with Crippen LogP contribution in [0.25, 0.3) is 11.1 Å². The molecule has 1 aromatic heterocycles. The molecule has 1 unspecified atom stereocenters. The Labute approximate surface area is 169 Å². The molecule has 148 valence electrons. The van der Waals surface area contributed by atoms with Gasteiger partial charge in [0.1, 0.15) is 22.4 Å². The van der Waals surface area contributed by atoms with Crippen LogP contribution in [0.1, 0.15) is 19.0 Å². The third-order valence-electron chi connectivity index (χ3n) is 3.79. The predicted octanol–water partition coefficient (Wildman–Crippen LogP) is 6.07. The zero-order chi connectivity index (χ0) is 20.7. The van der Waals surface area contributed by atoms with E-state index in [1.54, 1.807) is 0 Å². The SMILES string of the molecule is CCC(Cl)(Oc1ccc(F)c(-c2c(Br)c(C(F)(F)F)n(C)c2Cl)c1)C(=O)O. The van der Waals surface area contributed by atoms with Gasteiger partial charge in [-0.1, -0.05) is 30.1 Å². The first-order valence-corrected chi connectivity index (χ1v) is 8.90. The second-order valence-electron chi connectivity index (χ2n) is 5.52. The molecular formula is C16H12BrCl2F4NO3. The Hall–Kier alpha value is -1.45. The van der Waals surface area contributed by atoms with Crippen molar-refractivity contribution in [3.8, 4) is 16.9 Å². The highest BCUT2D eigenvalue weighted by Crippen LogP contribution is 2.47. The molecule has 4 nitrogen and oxygen atoms in total. The van der Waals surface area contributed by atoms with Gasteiger partial charge in [0.15, 0.2) is 0 Å². The number of rotatable bonds is 5. The summed E-state index contributed by atoms with van der Waals surface area (Å²) >= 11 is 14.7. The van der Waals surface area contributed by atoms with Crippen LogP contribution in [0.15, 0.2) is 22.7 Å². The van der Waals surface area contributed by atoms with E-state index in [0.717, 1.165) is 25.2 Å². The molecule has 11 heteroatoms. The summed E-state index contributed by atoms with van der Waals surface area (Å²) in [6.45, 7) is 1.46. The number of halogens is 7. The molecule has 2 rings (SSSR count). The molecule has 0 aliphatic rings. The number of hydrogen-bond donors (Lipinski definition) is 1. The maximum absolute atomic E-state index is 14.4. The molecule has 0 radical (unpaired) electrons. The van der Waals surface area contributed by atoms with Crippen LogP contribution in [0.5, 0.6) is 5.75 Å². The molecule has 1 N–H and O–H groups in total. The third kappa shape index (κ3) is 4.05. The summed E-state index contributed by atoms with van der Waals surface area (Å²) in [6, 6.07) is 3.07. The van der Waals surface area contributed by atoms with E-state index < -0.39 is 33.2 Å². The average molecular weight is 493 g/mol. The van der Waals surface area contributed by atoms with Gasteiger partial charge in [-0.3, -0.25) is 0 Å². The number of nitrogens with zero attached hydrogens (tertiary/aromatic N) is 1. The van der Waals surface area contributed by atoms with Gasteiger partial charge >= 0.3 is 12.1 Å². The van der Waals surface area contributed by atoms with Crippen molar-refractivity contribution >= 4 is 45.1 Å². The van der Waals surface area contributed by atoms with Crippen molar-refractivity contribution in [2.24, 2.45) is 7.05 Å². The van der Waals surface area contributed by atoms with Crippen LogP contribution in [0.3, 0.4) is 0 Å². The number of carboxylic acids is 1. The lowest BCUT2D eigenvalue weighted by atomic mass is 10.1. The molecule has 1 atom stereocenters. The van der Waals surface area contributed by atoms with E-state index in [2.05, 4.69) is 15.9 Å². The summed E-state index contributed by atoms with van der Waals surface area (Å²) in [5, 5.41) is 6.69. The number of carboxylic acid groups (broad SMARTS) is 1. The lowest BCUT2D eigenvalue weighted by molar-refractivity contribution is -0.148. The monoisotopic (exact) mass is 491 g/mol. The smallest absolute Gasteiger partial charge is 0.432 e. The molecule has 0 amide bonds. The predicted molar refractivity (Wildman–Crippen MR) is 95.7 cm³/mol. The van der Waals surface area contributed by atoms with E-state index in [4.69, 9.17) is 33.0 Å². The second-order valence-corrected chi connectivity index (χ2v) is 7.28. The van der Waals surface area contributed by atoms with Crippen molar-refractivity contribution < 1.29 is 32.2 Å². The highest BCUT2D eigenvalue weighted by molar-refractivity contribution is 9.10. The van der Waals surface area contributed by atoms with Gasteiger partial charge in [0.25, 0.3) is 5.06 Å². The quantitative estimate of drug-likeness (QED) is 0.407. The van der Waals surface area contributed by atoms with Gasteiger partial charge < -0.3 is 14.4 Å². The van der Waals surface area contributed by atoms with E-state index >= 15 is 0 Å². The van der Waals surface area contributed by atoms with Gasteiger partial charge in [0.2, 0.25) is 0 Å². The van der Waals surface area contributed by atoms with Crippen LogP contribution < -0.4 is 4.74 Å². The van der Waals surface area contributed by atoms with Crippen LogP contribution in [0, 0.1) is 5.82 Å². The highest BCUT2D eigenvalue weighted by Gasteiger charge is 2.40. The topological polar surface area (TPSA) is 51.5 Å². The van der Waals surface area contributed by atoms with Crippen LogP contribution in [-0.2, 0) is 18.0 Å². The fourth-order valence-corrected chi connectivity index (χ4v) is 3.76. The number of benzene rings is 1. The van der Waals surface area contributed by atoms with Crippen molar-refractivity contribution in [3.63, 3.8) is 0 Å². The van der Waals surface area contributed by atoms with Gasteiger partial charge in [-0.2, -0.15) is 13.2 Å². The number of carbonyl (C=O) groups is 1. The number of ether oxygens (including phenoxy) is 1. The van der Waals surface area contributed by atoms with Gasteiger partial charge in [0, 0.05) is 24.6 Å². The molecule has 1 heterocycles. The van der Waals surface area contributed by atoms with Crippen LogP contribution in [0.2, 0.25) is 5.15 Å².